The minimum Gasteiger partial charge on any atom is -0.346 e. The number of amides is 1. The summed E-state index contributed by atoms with van der Waals surface area (Å²) in [5, 5.41) is 3.23. The molecule has 0 bridgehead atoms. The minimum absolute atomic E-state index is 0.0857. The Balaban J connectivity index is 1.63. The van der Waals surface area contributed by atoms with Crippen molar-refractivity contribution < 1.29 is 4.79 Å². The Morgan fingerprint density at radius 2 is 1.96 bits per heavy atom. The molecule has 0 aliphatic heterocycles. The number of nitrogens with one attached hydrogen (secondary N) is 1. The van der Waals surface area contributed by atoms with Gasteiger partial charge in [0.2, 0.25) is 5.91 Å². The molecule has 5 nitrogen and oxygen atoms in total. The number of pyridine rings is 1. The maximum atomic E-state index is 13.3. The van der Waals surface area contributed by atoms with E-state index in [2.05, 4.69) is 20.9 Å². The lowest BCUT2D eigenvalue weighted by molar-refractivity contribution is -0.127. The highest BCUT2D eigenvalue weighted by atomic mass is 16.2. The standard InChI is InChI=1S/C21H24N4O/c1-15(19-24-17-9-3-4-10-18(17)25(19)2)23-20(26)21(11-5-6-12-21)16-8-7-13-22-14-16/h3-4,7-10,13-15H,5-6,11-12H2,1-2H3,(H,23,26)/t15-/m1/s1. The lowest BCUT2D eigenvalue weighted by atomic mass is 9.78. The molecule has 26 heavy (non-hydrogen) atoms. The Hall–Kier alpha value is -2.69. The molecular formula is C21H24N4O. The molecule has 0 spiro atoms. The second kappa shape index (κ2) is 6.56. The highest BCUT2D eigenvalue weighted by Gasteiger charge is 2.43. The first-order valence-electron chi connectivity index (χ1n) is 9.25. The molecule has 1 N–H and O–H groups in total. The van der Waals surface area contributed by atoms with Gasteiger partial charge in [0.25, 0.3) is 0 Å². The number of hydrogen-bond donors (Lipinski definition) is 1. The fraction of sp³-hybridized carbons (Fsp3) is 0.381. The van der Waals surface area contributed by atoms with E-state index < -0.39 is 5.41 Å². The van der Waals surface area contributed by atoms with E-state index in [-0.39, 0.29) is 11.9 Å². The summed E-state index contributed by atoms with van der Waals surface area (Å²) in [6.07, 6.45) is 7.49. The fourth-order valence-electron chi connectivity index (χ4n) is 4.22. The molecule has 2 heterocycles. The zero-order chi connectivity index (χ0) is 18.1. The van der Waals surface area contributed by atoms with Crippen LogP contribution in [0.2, 0.25) is 0 Å². The van der Waals surface area contributed by atoms with Gasteiger partial charge in [-0.15, -0.1) is 0 Å². The van der Waals surface area contributed by atoms with Gasteiger partial charge in [0.15, 0.2) is 0 Å². The smallest absolute Gasteiger partial charge is 0.231 e. The van der Waals surface area contributed by atoms with Crippen LogP contribution < -0.4 is 5.32 Å². The molecule has 134 valence electrons. The first-order chi connectivity index (χ1) is 12.6. The molecule has 1 saturated carbocycles. The number of fused-ring (bicyclic) bond motifs is 1. The molecule has 0 radical (unpaired) electrons. The summed E-state index contributed by atoms with van der Waals surface area (Å²) in [5.41, 5.74) is 2.58. The SMILES string of the molecule is C[C@@H](NC(=O)C1(c2cccnc2)CCCC1)c1nc2ccccc2n1C. The summed E-state index contributed by atoms with van der Waals surface area (Å²) in [6, 6.07) is 11.8. The number of hydrogen-bond acceptors (Lipinski definition) is 3. The molecule has 1 fully saturated rings. The number of rotatable bonds is 4. The molecule has 1 atom stereocenters. The fourth-order valence-corrected chi connectivity index (χ4v) is 4.22. The highest BCUT2D eigenvalue weighted by molar-refractivity contribution is 5.89. The zero-order valence-electron chi connectivity index (χ0n) is 15.3. The predicted molar refractivity (Wildman–Crippen MR) is 102 cm³/mol. The molecule has 1 aromatic carbocycles. The molecule has 4 rings (SSSR count). The van der Waals surface area contributed by atoms with Gasteiger partial charge in [0.1, 0.15) is 5.82 Å². The van der Waals surface area contributed by atoms with Crippen molar-refractivity contribution >= 4 is 16.9 Å². The van der Waals surface area contributed by atoms with Crippen LogP contribution in [0.25, 0.3) is 11.0 Å². The van der Waals surface area contributed by atoms with Crippen LogP contribution in [-0.2, 0) is 17.3 Å². The van der Waals surface area contributed by atoms with Gasteiger partial charge in [0.05, 0.1) is 22.5 Å². The normalized spacial score (nSPS) is 17.3. The summed E-state index contributed by atoms with van der Waals surface area (Å²) in [5.74, 6) is 0.960. The van der Waals surface area contributed by atoms with Crippen molar-refractivity contribution in [1.29, 1.82) is 0 Å². The molecular weight excluding hydrogens is 324 g/mol. The predicted octanol–water partition coefficient (Wildman–Crippen LogP) is 3.66. The Bertz CT molecular complexity index is 926. The lowest BCUT2D eigenvalue weighted by Gasteiger charge is -2.29. The Kier molecular flexibility index (Phi) is 4.23. The van der Waals surface area contributed by atoms with E-state index in [4.69, 9.17) is 4.98 Å². The average molecular weight is 348 g/mol. The zero-order valence-corrected chi connectivity index (χ0v) is 15.3. The van der Waals surface area contributed by atoms with Crippen molar-refractivity contribution in [1.82, 2.24) is 19.9 Å². The van der Waals surface area contributed by atoms with Gasteiger partial charge < -0.3 is 9.88 Å². The third kappa shape index (κ3) is 2.68. The first-order valence-corrected chi connectivity index (χ1v) is 9.25. The van der Waals surface area contributed by atoms with Crippen molar-refractivity contribution in [3.05, 3.63) is 60.2 Å². The number of imidazole rings is 1. The number of carbonyl (C=O) groups excluding carboxylic acids is 1. The highest BCUT2D eigenvalue weighted by Crippen LogP contribution is 2.41. The molecule has 1 aliphatic carbocycles. The molecule has 0 unspecified atom stereocenters. The summed E-state index contributed by atoms with van der Waals surface area (Å²) in [4.78, 5) is 22.3. The molecule has 5 heteroatoms. The van der Waals surface area contributed by atoms with Gasteiger partial charge in [-0.25, -0.2) is 4.98 Å². The maximum absolute atomic E-state index is 13.3. The summed E-state index contributed by atoms with van der Waals surface area (Å²) in [7, 11) is 2.00. The van der Waals surface area contributed by atoms with Crippen molar-refractivity contribution in [2.45, 2.75) is 44.1 Å². The number of aromatic nitrogens is 3. The van der Waals surface area contributed by atoms with Gasteiger partial charge in [0, 0.05) is 19.4 Å². The second-order valence-electron chi connectivity index (χ2n) is 7.24. The quantitative estimate of drug-likeness (QED) is 0.783. The largest absolute Gasteiger partial charge is 0.346 e. The second-order valence-corrected chi connectivity index (χ2v) is 7.24. The number of carbonyl (C=O) groups is 1. The third-order valence-electron chi connectivity index (χ3n) is 5.66. The van der Waals surface area contributed by atoms with Crippen LogP contribution in [0.1, 0.15) is 50.0 Å². The van der Waals surface area contributed by atoms with Gasteiger partial charge in [-0.2, -0.15) is 0 Å². The molecule has 1 aliphatic rings. The van der Waals surface area contributed by atoms with Crippen LogP contribution in [0.5, 0.6) is 0 Å². The van der Waals surface area contributed by atoms with Gasteiger partial charge in [-0.05, 0) is 43.5 Å². The molecule has 2 aromatic heterocycles. The van der Waals surface area contributed by atoms with Crippen LogP contribution in [0, 0.1) is 0 Å². The van der Waals surface area contributed by atoms with Crippen LogP contribution in [0.4, 0.5) is 0 Å². The Morgan fingerprint density at radius 3 is 2.65 bits per heavy atom. The van der Waals surface area contributed by atoms with Crippen molar-refractivity contribution in [2.75, 3.05) is 0 Å². The molecule has 0 saturated heterocycles. The van der Waals surface area contributed by atoms with E-state index in [1.54, 1.807) is 6.20 Å². The Morgan fingerprint density at radius 1 is 1.19 bits per heavy atom. The summed E-state index contributed by atoms with van der Waals surface area (Å²) < 4.78 is 2.06. The van der Waals surface area contributed by atoms with E-state index in [0.717, 1.165) is 48.1 Å². The van der Waals surface area contributed by atoms with E-state index >= 15 is 0 Å². The van der Waals surface area contributed by atoms with Crippen molar-refractivity contribution in [2.24, 2.45) is 7.05 Å². The lowest BCUT2D eigenvalue weighted by Crippen LogP contribution is -2.44. The number of aryl methyl sites for hydroxylation is 1. The van der Waals surface area contributed by atoms with Crippen LogP contribution in [0.15, 0.2) is 48.8 Å². The van der Waals surface area contributed by atoms with Gasteiger partial charge in [-0.3, -0.25) is 9.78 Å². The topological polar surface area (TPSA) is 59.8 Å². The van der Waals surface area contributed by atoms with E-state index in [9.17, 15) is 4.79 Å². The van der Waals surface area contributed by atoms with Crippen LogP contribution in [-0.4, -0.2) is 20.4 Å². The summed E-state index contributed by atoms with van der Waals surface area (Å²) in [6.45, 7) is 2.00. The third-order valence-corrected chi connectivity index (χ3v) is 5.66. The number of nitrogens with zero attached hydrogens (tertiary/aromatic N) is 3. The van der Waals surface area contributed by atoms with Crippen LogP contribution >= 0.6 is 0 Å². The molecule has 1 amide bonds. The summed E-state index contributed by atoms with van der Waals surface area (Å²) >= 11 is 0. The molecule has 3 aromatic rings. The monoisotopic (exact) mass is 348 g/mol. The van der Waals surface area contributed by atoms with Crippen molar-refractivity contribution in [3.63, 3.8) is 0 Å². The Labute approximate surface area is 153 Å². The minimum atomic E-state index is -0.465. The van der Waals surface area contributed by atoms with Gasteiger partial charge in [-0.1, -0.05) is 31.0 Å². The van der Waals surface area contributed by atoms with Crippen molar-refractivity contribution in [3.8, 4) is 0 Å². The van der Waals surface area contributed by atoms with E-state index in [1.165, 1.54) is 0 Å². The number of benzene rings is 1. The van der Waals surface area contributed by atoms with E-state index in [1.807, 2.05) is 50.5 Å². The number of para-hydroxylation sites is 2. The average Bonchev–Trinajstić information content (AvgIpc) is 3.29. The maximum Gasteiger partial charge on any atom is 0.231 e. The first kappa shape index (κ1) is 16.8. The van der Waals surface area contributed by atoms with Gasteiger partial charge >= 0.3 is 0 Å². The van der Waals surface area contributed by atoms with E-state index in [0.29, 0.717) is 0 Å². The van der Waals surface area contributed by atoms with Crippen LogP contribution in [0.3, 0.4) is 0 Å².